The van der Waals surface area contributed by atoms with Gasteiger partial charge in [0.25, 0.3) is 5.91 Å². The zero-order chi connectivity index (χ0) is 28.6. The van der Waals surface area contributed by atoms with Crippen LogP contribution in [0.2, 0.25) is 5.02 Å². The highest BCUT2D eigenvalue weighted by Gasteiger charge is 2.33. The van der Waals surface area contributed by atoms with Gasteiger partial charge in [0.05, 0.1) is 19.1 Å². The van der Waals surface area contributed by atoms with E-state index in [9.17, 15) is 22.8 Å². The lowest BCUT2D eigenvalue weighted by Crippen LogP contribution is -2.26. The average molecular weight is 564 g/mol. The number of carbonyl (C=O) groups excluding carboxylic acids is 1. The Bertz CT molecular complexity index is 1260. The third-order valence-electron chi connectivity index (χ3n) is 6.13. The van der Waals surface area contributed by atoms with Crippen molar-refractivity contribution in [2.45, 2.75) is 44.4 Å². The van der Waals surface area contributed by atoms with Gasteiger partial charge < -0.3 is 19.9 Å². The number of methoxy groups -OCH3 is 1. The second-order valence-corrected chi connectivity index (χ2v) is 9.31. The van der Waals surface area contributed by atoms with E-state index in [0.717, 1.165) is 29.7 Å². The summed E-state index contributed by atoms with van der Waals surface area (Å²) in [5.41, 5.74) is 1.13. The molecule has 0 unspecified atom stereocenters. The fourth-order valence-corrected chi connectivity index (χ4v) is 4.31. The third kappa shape index (κ3) is 8.13. The number of carbonyl (C=O) groups is 2. The Morgan fingerprint density at radius 1 is 0.974 bits per heavy atom. The van der Waals surface area contributed by atoms with Crippen LogP contribution in [0.1, 0.15) is 65.3 Å². The molecule has 2 N–H and O–H groups in total. The molecule has 2 atom stereocenters. The predicted octanol–water partition coefficient (Wildman–Crippen LogP) is 7.28. The van der Waals surface area contributed by atoms with Crippen molar-refractivity contribution in [2.75, 3.05) is 13.7 Å². The van der Waals surface area contributed by atoms with Crippen molar-refractivity contribution in [1.82, 2.24) is 5.32 Å². The number of carboxylic acids is 1. The Morgan fingerprint density at radius 3 is 2.18 bits per heavy atom. The lowest BCUT2D eigenvalue weighted by Gasteiger charge is -2.30. The maximum atomic E-state index is 13.3. The molecule has 6 nitrogen and oxygen atoms in total. The zero-order valence-corrected chi connectivity index (χ0v) is 22.2. The number of carboxylic acid groups (broad SMARTS) is 1. The predicted molar refractivity (Wildman–Crippen MR) is 141 cm³/mol. The van der Waals surface area contributed by atoms with E-state index < -0.39 is 29.7 Å². The minimum atomic E-state index is -4.53. The Balaban J connectivity index is 1.97. The van der Waals surface area contributed by atoms with E-state index in [4.69, 9.17) is 26.2 Å². The van der Waals surface area contributed by atoms with E-state index in [2.05, 4.69) is 5.32 Å². The molecule has 0 aliphatic rings. The van der Waals surface area contributed by atoms with Gasteiger partial charge in [0, 0.05) is 23.0 Å². The first-order valence-electron chi connectivity index (χ1n) is 12.3. The van der Waals surface area contributed by atoms with Crippen LogP contribution in [0.5, 0.6) is 11.5 Å². The van der Waals surface area contributed by atoms with E-state index in [-0.39, 0.29) is 30.4 Å². The number of ether oxygens (including phenoxy) is 2. The molecule has 0 heterocycles. The van der Waals surface area contributed by atoms with E-state index >= 15 is 0 Å². The summed E-state index contributed by atoms with van der Waals surface area (Å²) in [6.07, 6.45) is -3.90. The van der Waals surface area contributed by atoms with Gasteiger partial charge in [-0.2, -0.15) is 13.2 Å². The number of amides is 1. The molecular formula is C29H29ClF3NO5. The molecule has 0 spiro atoms. The molecule has 0 aliphatic carbocycles. The van der Waals surface area contributed by atoms with Gasteiger partial charge in [0.15, 0.2) is 11.5 Å². The summed E-state index contributed by atoms with van der Waals surface area (Å²) in [5, 5.41) is 11.9. The molecule has 208 valence electrons. The van der Waals surface area contributed by atoms with Gasteiger partial charge in [0.2, 0.25) is 0 Å². The highest BCUT2D eigenvalue weighted by Crippen LogP contribution is 2.43. The lowest BCUT2D eigenvalue weighted by molar-refractivity contribution is -0.138. The van der Waals surface area contributed by atoms with Crippen LogP contribution in [0.3, 0.4) is 0 Å². The minimum Gasteiger partial charge on any atom is -0.493 e. The highest BCUT2D eigenvalue weighted by molar-refractivity contribution is 6.30. The average Bonchev–Trinajstić information content (AvgIpc) is 2.90. The number of benzene rings is 3. The summed E-state index contributed by atoms with van der Waals surface area (Å²) in [6, 6.07) is 17.0. The minimum absolute atomic E-state index is 0.00974. The van der Waals surface area contributed by atoms with Gasteiger partial charge in [-0.3, -0.25) is 9.59 Å². The van der Waals surface area contributed by atoms with Crippen LogP contribution in [0.25, 0.3) is 0 Å². The molecule has 0 saturated carbocycles. The molecule has 0 saturated heterocycles. The van der Waals surface area contributed by atoms with E-state index in [0.29, 0.717) is 17.0 Å². The Kier molecular flexibility index (Phi) is 10.2. The van der Waals surface area contributed by atoms with Crippen molar-refractivity contribution < 1.29 is 37.3 Å². The molecule has 3 rings (SSSR count). The van der Waals surface area contributed by atoms with Gasteiger partial charge in [-0.15, -0.1) is 0 Å². The Labute approximate surface area is 229 Å². The van der Waals surface area contributed by atoms with Gasteiger partial charge in [0.1, 0.15) is 6.10 Å². The summed E-state index contributed by atoms with van der Waals surface area (Å²) >= 11 is 6.10. The third-order valence-corrected chi connectivity index (χ3v) is 6.39. The first-order valence-corrected chi connectivity index (χ1v) is 12.7. The fraction of sp³-hybridized carbons (Fsp3) is 0.310. The smallest absolute Gasteiger partial charge is 0.416 e. The SMILES string of the molecule is CCC[C@H](c1ccc(C(=O)NCCC(=O)O)cc1)[C@@H](Oc1ccc(C(F)(F)F)cc1OC)c1ccc(Cl)cc1. The molecule has 39 heavy (non-hydrogen) atoms. The topological polar surface area (TPSA) is 84.9 Å². The number of alkyl halides is 3. The van der Waals surface area contributed by atoms with Crippen molar-refractivity contribution in [2.24, 2.45) is 0 Å². The van der Waals surface area contributed by atoms with Crippen LogP contribution in [0, 0.1) is 0 Å². The molecule has 10 heteroatoms. The lowest BCUT2D eigenvalue weighted by atomic mass is 9.85. The van der Waals surface area contributed by atoms with Crippen LogP contribution in [-0.2, 0) is 11.0 Å². The molecule has 3 aromatic carbocycles. The normalized spacial score (nSPS) is 12.9. The molecule has 1 amide bonds. The number of hydrogen-bond acceptors (Lipinski definition) is 4. The maximum Gasteiger partial charge on any atom is 0.416 e. The van der Waals surface area contributed by atoms with Crippen molar-refractivity contribution in [1.29, 1.82) is 0 Å². The van der Waals surface area contributed by atoms with Crippen LogP contribution in [0.15, 0.2) is 66.7 Å². The molecular weight excluding hydrogens is 535 g/mol. The van der Waals surface area contributed by atoms with Crippen molar-refractivity contribution in [3.63, 3.8) is 0 Å². The monoisotopic (exact) mass is 563 g/mol. The maximum absolute atomic E-state index is 13.3. The standard InChI is InChI=1S/C29H29ClF3NO5/c1-3-4-23(18-5-7-20(8-6-18)28(37)34-16-15-26(35)36)27(19-9-12-22(30)13-10-19)39-24-14-11-21(29(31,32)33)17-25(24)38-2/h5-14,17,23,27H,3-4,15-16H2,1-2H3,(H,34,37)(H,35,36)/t23-,27+/m1/s1. The van der Waals surface area contributed by atoms with E-state index in [1.807, 2.05) is 6.92 Å². The van der Waals surface area contributed by atoms with Crippen LogP contribution >= 0.6 is 11.6 Å². The summed E-state index contributed by atoms with van der Waals surface area (Å²) < 4.78 is 51.5. The molecule has 0 aliphatic heterocycles. The quantitative estimate of drug-likeness (QED) is 0.242. The molecule has 0 fully saturated rings. The van der Waals surface area contributed by atoms with Crippen molar-refractivity contribution >= 4 is 23.5 Å². The van der Waals surface area contributed by atoms with E-state index in [1.165, 1.54) is 13.2 Å². The number of rotatable bonds is 12. The summed E-state index contributed by atoms with van der Waals surface area (Å²) in [4.78, 5) is 23.1. The fourth-order valence-electron chi connectivity index (χ4n) is 4.18. The number of nitrogens with one attached hydrogen (secondary N) is 1. The van der Waals surface area contributed by atoms with Gasteiger partial charge in [-0.05, 0) is 60.0 Å². The van der Waals surface area contributed by atoms with Crippen LogP contribution in [0.4, 0.5) is 13.2 Å². The van der Waals surface area contributed by atoms with Crippen molar-refractivity contribution in [3.05, 3.63) is 94.0 Å². The molecule has 3 aromatic rings. The molecule has 0 aromatic heterocycles. The number of hydrogen-bond donors (Lipinski definition) is 2. The van der Waals surface area contributed by atoms with Crippen molar-refractivity contribution in [3.8, 4) is 11.5 Å². The first kappa shape index (κ1) is 29.8. The van der Waals surface area contributed by atoms with Gasteiger partial charge in [-0.25, -0.2) is 0 Å². The summed E-state index contributed by atoms with van der Waals surface area (Å²) in [6.45, 7) is 2.02. The second-order valence-electron chi connectivity index (χ2n) is 8.87. The largest absolute Gasteiger partial charge is 0.493 e. The van der Waals surface area contributed by atoms with E-state index in [1.54, 1.807) is 48.5 Å². The zero-order valence-electron chi connectivity index (χ0n) is 21.4. The molecule has 0 bridgehead atoms. The summed E-state index contributed by atoms with van der Waals surface area (Å²) in [7, 11) is 1.28. The Hall–Kier alpha value is -3.72. The van der Waals surface area contributed by atoms with Crippen LogP contribution < -0.4 is 14.8 Å². The number of halogens is 4. The second kappa shape index (κ2) is 13.4. The van der Waals surface area contributed by atoms with Crippen LogP contribution in [-0.4, -0.2) is 30.6 Å². The Morgan fingerprint density at radius 2 is 1.62 bits per heavy atom. The molecule has 0 radical (unpaired) electrons. The number of aliphatic carboxylic acids is 1. The highest BCUT2D eigenvalue weighted by atomic mass is 35.5. The van der Waals surface area contributed by atoms with Gasteiger partial charge >= 0.3 is 12.1 Å². The van der Waals surface area contributed by atoms with Gasteiger partial charge in [-0.1, -0.05) is 49.2 Å². The summed E-state index contributed by atoms with van der Waals surface area (Å²) in [5.74, 6) is -1.54. The first-order chi connectivity index (χ1) is 18.5.